The first-order chi connectivity index (χ1) is 10.9. The molecule has 136 valence electrons. The van der Waals surface area contributed by atoms with Crippen LogP contribution in [0.2, 0.25) is 0 Å². The van der Waals surface area contributed by atoms with Crippen molar-refractivity contribution in [3.05, 3.63) is 11.3 Å². The van der Waals surface area contributed by atoms with E-state index in [0.29, 0.717) is 0 Å². The summed E-state index contributed by atoms with van der Waals surface area (Å²) in [4.78, 5) is 4.72. The summed E-state index contributed by atoms with van der Waals surface area (Å²) in [7, 11) is -4.40. The number of oxime groups is 1. The Balaban J connectivity index is 2.51. The van der Waals surface area contributed by atoms with Crippen LogP contribution in [0.1, 0.15) is 36.8 Å². The molecule has 0 amide bonds. The fourth-order valence-corrected chi connectivity index (χ4v) is 3.65. The molecule has 1 aromatic rings. The predicted molar refractivity (Wildman–Crippen MR) is 70.2 cm³/mol. The maximum absolute atomic E-state index is 13.0. The first-order valence-electron chi connectivity index (χ1n) is 6.51. The summed E-state index contributed by atoms with van der Waals surface area (Å²) in [5, 5.41) is 5.50. The summed E-state index contributed by atoms with van der Waals surface area (Å²) >= 11 is 0. The molecule has 1 aliphatic rings. The van der Waals surface area contributed by atoms with Crippen LogP contribution in [-0.4, -0.2) is 36.4 Å². The molecule has 0 bridgehead atoms. The van der Waals surface area contributed by atoms with Crippen molar-refractivity contribution in [3.63, 3.8) is 0 Å². The highest BCUT2D eigenvalue weighted by Gasteiger charge is 2.44. The lowest BCUT2D eigenvalue weighted by molar-refractivity contribution is -0.141. The third-order valence-electron chi connectivity index (χ3n) is 3.25. The van der Waals surface area contributed by atoms with Crippen molar-refractivity contribution >= 4 is 14.9 Å². The second kappa shape index (κ2) is 6.18. The molecule has 0 saturated heterocycles. The number of sulfone groups is 1. The smallest absolute Gasteiger partial charge is 0.415 e. The topological polar surface area (TPSA) is 93.6 Å². The fourth-order valence-electron chi connectivity index (χ4n) is 2.10. The Bertz CT molecular complexity index is 743. The van der Waals surface area contributed by atoms with E-state index < -0.39 is 56.2 Å². The van der Waals surface area contributed by atoms with E-state index in [1.54, 1.807) is 0 Å². The monoisotopic (exact) mass is 377 g/mol. The van der Waals surface area contributed by atoms with Gasteiger partial charge in [-0.15, -0.1) is 5.10 Å². The third kappa shape index (κ3) is 3.44. The van der Waals surface area contributed by atoms with Crippen LogP contribution in [0, 0.1) is 0 Å². The molecular formula is C11H12F5N3O4S. The van der Waals surface area contributed by atoms with Crippen LogP contribution >= 0.6 is 0 Å². The van der Waals surface area contributed by atoms with Gasteiger partial charge in [0.05, 0.1) is 10.8 Å². The maximum Gasteiger partial charge on any atom is 0.433 e. The molecule has 0 fully saturated rings. The molecule has 0 aromatic carbocycles. The van der Waals surface area contributed by atoms with Crippen molar-refractivity contribution in [3.8, 4) is 5.88 Å². The van der Waals surface area contributed by atoms with E-state index >= 15 is 0 Å². The van der Waals surface area contributed by atoms with Crippen LogP contribution in [0.5, 0.6) is 5.88 Å². The van der Waals surface area contributed by atoms with Crippen molar-refractivity contribution in [2.75, 3.05) is 0 Å². The lowest BCUT2D eigenvalue weighted by Crippen LogP contribution is -2.23. The van der Waals surface area contributed by atoms with Gasteiger partial charge in [-0.05, 0) is 13.8 Å². The lowest BCUT2D eigenvalue weighted by atomic mass is 10.2. The number of nitrogens with one attached hydrogen (secondary N) is 1. The van der Waals surface area contributed by atoms with E-state index in [4.69, 9.17) is 4.84 Å². The van der Waals surface area contributed by atoms with Crippen molar-refractivity contribution in [2.24, 2.45) is 5.16 Å². The summed E-state index contributed by atoms with van der Waals surface area (Å²) in [6, 6.07) is 0. The number of alkyl halides is 5. The Morgan fingerprint density at radius 2 is 2.00 bits per heavy atom. The summed E-state index contributed by atoms with van der Waals surface area (Å²) in [5.74, 6) is -1.14. The predicted octanol–water partition coefficient (Wildman–Crippen LogP) is 2.63. The Kier molecular flexibility index (Phi) is 4.74. The molecular weight excluding hydrogens is 365 g/mol. The highest BCUT2D eigenvalue weighted by Crippen LogP contribution is 2.41. The molecule has 0 saturated carbocycles. The number of H-pyrrole nitrogens is 1. The zero-order chi connectivity index (χ0) is 18.3. The molecule has 1 aliphatic heterocycles. The number of hydrogen-bond donors (Lipinski definition) is 1. The van der Waals surface area contributed by atoms with Gasteiger partial charge in [-0.25, -0.2) is 8.42 Å². The SMILES string of the molecule is CC1CC(S(=O)(=O)C(C)c2c(OC(F)F)n[nH]c2C(F)(F)F)=NO1. The fraction of sp³-hybridized carbons (Fsp3) is 0.636. The lowest BCUT2D eigenvalue weighted by Gasteiger charge is -2.15. The molecule has 24 heavy (non-hydrogen) atoms. The van der Waals surface area contributed by atoms with E-state index in [1.165, 1.54) is 12.0 Å². The average Bonchev–Trinajstić information content (AvgIpc) is 3.03. The molecule has 2 unspecified atom stereocenters. The van der Waals surface area contributed by atoms with E-state index in [1.807, 2.05) is 0 Å². The molecule has 7 nitrogen and oxygen atoms in total. The number of rotatable bonds is 4. The van der Waals surface area contributed by atoms with Gasteiger partial charge in [0.1, 0.15) is 11.8 Å². The van der Waals surface area contributed by atoms with Gasteiger partial charge < -0.3 is 9.57 Å². The van der Waals surface area contributed by atoms with Crippen LogP contribution < -0.4 is 4.74 Å². The van der Waals surface area contributed by atoms with E-state index in [-0.39, 0.29) is 6.42 Å². The van der Waals surface area contributed by atoms with Crippen LogP contribution in [0.4, 0.5) is 22.0 Å². The minimum absolute atomic E-state index is 0.142. The Morgan fingerprint density at radius 1 is 1.38 bits per heavy atom. The second-order valence-electron chi connectivity index (χ2n) is 4.99. The molecule has 2 heterocycles. The van der Waals surface area contributed by atoms with Crippen molar-refractivity contribution in [2.45, 2.75) is 44.4 Å². The minimum atomic E-state index is -5.04. The number of aromatic amines is 1. The van der Waals surface area contributed by atoms with Gasteiger partial charge in [-0.3, -0.25) is 5.10 Å². The normalized spacial score (nSPS) is 20.0. The molecule has 2 rings (SSSR count). The summed E-state index contributed by atoms with van der Waals surface area (Å²) in [6.07, 6.45) is -5.75. The highest BCUT2D eigenvalue weighted by atomic mass is 32.2. The van der Waals surface area contributed by atoms with Gasteiger partial charge >= 0.3 is 12.8 Å². The molecule has 1 aromatic heterocycles. The number of ether oxygens (including phenoxy) is 1. The largest absolute Gasteiger partial charge is 0.433 e. The number of hydrogen-bond acceptors (Lipinski definition) is 6. The van der Waals surface area contributed by atoms with Crippen LogP contribution in [0.3, 0.4) is 0 Å². The average molecular weight is 377 g/mol. The van der Waals surface area contributed by atoms with Gasteiger partial charge in [0.25, 0.3) is 0 Å². The highest BCUT2D eigenvalue weighted by molar-refractivity contribution is 8.06. The van der Waals surface area contributed by atoms with Crippen LogP contribution in [-0.2, 0) is 20.9 Å². The molecule has 0 aliphatic carbocycles. The van der Waals surface area contributed by atoms with Crippen molar-refractivity contribution in [1.29, 1.82) is 0 Å². The zero-order valence-electron chi connectivity index (χ0n) is 12.3. The van der Waals surface area contributed by atoms with E-state index in [0.717, 1.165) is 6.92 Å². The maximum atomic E-state index is 13.0. The van der Waals surface area contributed by atoms with Gasteiger partial charge in [0.15, 0.2) is 5.04 Å². The van der Waals surface area contributed by atoms with Gasteiger partial charge in [-0.2, -0.15) is 22.0 Å². The van der Waals surface area contributed by atoms with Gasteiger partial charge in [-0.1, -0.05) is 5.16 Å². The quantitative estimate of drug-likeness (QED) is 0.814. The van der Waals surface area contributed by atoms with Crippen LogP contribution in [0.25, 0.3) is 0 Å². The molecule has 0 radical (unpaired) electrons. The molecule has 2 atom stereocenters. The Morgan fingerprint density at radius 3 is 2.46 bits per heavy atom. The number of halogens is 5. The molecule has 0 spiro atoms. The molecule has 1 N–H and O–H groups in total. The van der Waals surface area contributed by atoms with E-state index in [2.05, 4.69) is 15.0 Å². The number of nitrogens with zero attached hydrogens (tertiary/aromatic N) is 2. The standard InChI is InChI=1S/C11H12F5N3O4S/c1-4-3-6(19-23-4)24(20,21)5(2)7-8(11(14,15)16)17-18-9(7)22-10(12)13/h4-5,10H,3H2,1-2H3,(H,17,18). The minimum Gasteiger partial charge on any atom is -0.415 e. The third-order valence-corrected chi connectivity index (χ3v) is 5.31. The number of aromatic nitrogens is 2. The summed E-state index contributed by atoms with van der Waals surface area (Å²) in [5.41, 5.74) is -2.62. The summed E-state index contributed by atoms with van der Waals surface area (Å²) < 4.78 is 92.6. The van der Waals surface area contributed by atoms with E-state index in [9.17, 15) is 30.4 Å². The second-order valence-corrected chi connectivity index (χ2v) is 7.25. The Labute approximate surface area is 132 Å². The zero-order valence-corrected chi connectivity index (χ0v) is 13.1. The molecule has 13 heteroatoms. The Hall–Kier alpha value is -1.92. The summed E-state index contributed by atoms with van der Waals surface area (Å²) in [6.45, 7) is -1.06. The first kappa shape index (κ1) is 18.4. The van der Waals surface area contributed by atoms with Crippen molar-refractivity contribution < 1.29 is 39.9 Å². The first-order valence-corrected chi connectivity index (χ1v) is 8.06. The van der Waals surface area contributed by atoms with Gasteiger partial charge in [0.2, 0.25) is 15.7 Å². The van der Waals surface area contributed by atoms with Crippen molar-refractivity contribution in [1.82, 2.24) is 10.2 Å². The van der Waals surface area contributed by atoms with Gasteiger partial charge in [0, 0.05) is 6.42 Å². The van der Waals surface area contributed by atoms with Crippen LogP contribution in [0.15, 0.2) is 5.16 Å².